The van der Waals surface area contributed by atoms with E-state index in [0.29, 0.717) is 5.56 Å². The quantitative estimate of drug-likeness (QED) is 0.466. The van der Waals surface area contributed by atoms with Gasteiger partial charge >= 0.3 is 0 Å². The number of pyridine rings is 1. The molecule has 2 heterocycles. The number of ketones is 1. The van der Waals surface area contributed by atoms with Crippen LogP contribution < -0.4 is 0 Å². The Morgan fingerprint density at radius 1 is 1.10 bits per heavy atom. The Balaban J connectivity index is 2.25. The van der Waals surface area contributed by atoms with E-state index in [1.165, 1.54) is 0 Å². The minimum atomic E-state index is -0.250. The van der Waals surface area contributed by atoms with Gasteiger partial charge < -0.3 is 0 Å². The number of para-hydroxylation sites is 1. The Hall–Kier alpha value is -2.12. The molecule has 4 rings (SSSR count). The van der Waals surface area contributed by atoms with Crippen molar-refractivity contribution >= 4 is 48.6 Å². The van der Waals surface area contributed by atoms with Crippen LogP contribution in [0.25, 0.3) is 21.7 Å². The van der Waals surface area contributed by atoms with Crippen LogP contribution in [0.4, 0.5) is 5.69 Å². The van der Waals surface area contributed by atoms with E-state index in [0.717, 1.165) is 27.4 Å². The molecule has 4 heteroatoms. The van der Waals surface area contributed by atoms with Crippen LogP contribution in [-0.4, -0.2) is 22.6 Å². The summed E-state index contributed by atoms with van der Waals surface area (Å²) in [6.45, 7) is 0. The molecule has 20 heavy (non-hydrogen) atoms. The van der Waals surface area contributed by atoms with Crippen molar-refractivity contribution in [3.8, 4) is 0 Å². The Morgan fingerprint density at radius 2 is 1.95 bits per heavy atom. The first-order chi connectivity index (χ1) is 9.75. The van der Waals surface area contributed by atoms with E-state index in [4.69, 9.17) is 0 Å². The Bertz CT molecular complexity index is 902. The standard InChI is InChI=1S/C16H11N2OP/c19-16-13(20)8-18-12-6-5-9-7-17-11-4-2-1-3-10(11)14(9)15(12)16/h1-8,13H,20H2. The molecule has 0 spiro atoms. The molecular formula is C16H11N2OP. The predicted octanol–water partition coefficient (Wildman–Crippen LogP) is 3.53. The van der Waals surface area contributed by atoms with Crippen LogP contribution >= 0.6 is 9.24 Å². The summed E-state index contributed by atoms with van der Waals surface area (Å²) >= 11 is 0. The van der Waals surface area contributed by atoms with E-state index in [2.05, 4.69) is 19.2 Å². The summed E-state index contributed by atoms with van der Waals surface area (Å²) in [6, 6.07) is 11.8. The molecule has 0 saturated heterocycles. The first-order valence-electron chi connectivity index (χ1n) is 6.40. The lowest BCUT2D eigenvalue weighted by atomic mass is 9.94. The van der Waals surface area contributed by atoms with Crippen LogP contribution in [0.5, 0.6) is 0 Å². The van der Waals surface area contributed by atoms with Crippen LogP contribution in [0.1, 0.15) is 10.4 Å². The zero-order valence-electron chi connectivity index (χ0n) is 10.6. The van der Waals surface area contributed by atoms with Gasteiger partial charge in [-0.05, 0) is 12.1 Å². The van der Waals surface area contributed by atoms with Crippen molar-refractivity contribution in [2.45, 2.75) is 5.66 Å². The predicted molar refractivity (Wildman–Crippen MR) is 85.2 cm³/mol. The molecule has 1 aliphatic rings. The summed E-state index contributed by atoms with van der Waals surface area (Å²) in [7, 11) is 2.54. The molecule has 96 valence electrons. The first kappa shape index (κ1) is 11.7. The fourth-order valence-corrected chi connectivity index (χ4v) is 2.95. The van der Waals surface area contributed by atoms with Crippen LogP contribution in [0.2, 0.25) is 0 Å². The van der Waals surface area contributed by atoms with Crippen LogP contribution in [0.15, 0.2) is 47.6 Å². The molecule has 1 aliphatic heterocycles. The van der Waals surface area contributed by atoms with Gasteiger partial charge in [0, 0.05) is 28.6 Å². The maximum Gasteiger partial charge on any atom is 0.177 e. The molecule has 0 fully saturated rings. The number of carbonyl (C=O) groups excluding carboxylic acids is 1. The molecule has 3 aromatic rings. The van der Waals surface area contributed by atoms with Crippen molar-refractivity contribution in [2.24, 2.45) is 4.99 Å². The second-order valence-electron chi connectivity index (χ2n) is 4.87. The number of rotatable bonds is 0. The highest BCUT2D eigenvalue weighted by molar-refractivity contribution is 7.21. The number of nitrogens with zero attached hydrogens (tertiary/aromatic N) is 2. The SMILES string of the molecule is O=C1c2c(ccc3cnc4ccccc4c23)N=CC1P. The normalized spacial score (nSPS) is 17.6. The maximum absolute atomic E-state index is 12.5. The Kier molecular flexibility index (Phi) is 2.45. The number of hydrogen-bond acceptors (Lipinski definition) is 3. The number of benzene rings is 2. The van der Waals surface area contributed by atoms with E-state index in [-0.39, 0.29) is 11.4 Å². The smallest absolute Gasteiger partial charge is 0.177 e. The van der Waals surface area contributed by atoms with Gasteiger partial charge in [-0.25, -0.2) is 0 Å². The van der Waals surface area contributed by atoms with Gasteiger partial charge in [-0.1, -0.05) is 24.3 Å². The zero-order valence-corrected chi connectivity index (χ0v) is 11.7. The summed E-state index contributed by atoms with van der Waals surface area (Å²) in [5.41, 5.74) is 2.11. The van der Waals surface area contributed by atoms with Crippen LogP contribution in [0.3, 0.4) is 0 Å². The average molecular weight is 278 g/mol. The average Bonchev–Trinajstić information content (AvgIpc) is 2.50. The van der Waals surface area contributed by atoms with Crippen molar-refractivity contribution < 1.29 is 4.79 Å². The summed E-state index contributed by atoms with van der Waals surface area (Å²) in [4.78, 5) is 21.4. The summed E-state index contributed by atoms with van der Waals surface area (Å²) in [5, 5.41) is 2.94. The lowest BCUT2D eigenvalue weighted by molar-refractivity contribution is 0.101. The molecule has 2 aromatic carbocycles. The third-order valence-corrected chi connectivity index (χ3v) is 4.13. The van der Waals surface area contributed by atoms with Gasteiger partial charge in [0.2, 0.25) is 0 Å². The largest absolute Gasteiger partial charge is 0.293 e. The third-order valence-electron chi connectivity index (χ3n) is 3.66. The van der Waals surface area contributed by atoms with E-state index < -0.39 is 0 Å². The molecule has 0 N–H and O–H groups in total. The molecule has 2 atom stereocenters. The summed E-state index contributed by atoms with van der Waals surface area (Å²) < 4.78 is 0. The topological polar surface area (TPSA) is 42.3 Å². The fourth-order valence-electron chi connectivity index (χ4n) is 2.69. The van der Waals surface area contributed by atoms with Gasteiger partial charge in [-0.3, -0.25) is 14.8 Å². The van der Waals surface area contributed by atoms with Crippen molar-refractivity contribution in [1.29, 1.82) is 0 Å². The number of hydrogen-bond donors (Lipinski definition) is 0. The summed E-state index contributed by atoms with van der Waals surface area (Å²) in [5.74, 6) is 0.0990. The lowest BCUT2D eigenvalue weighted by Crippen LogP contribution is -2.19. The van der Waals surface area contributed by atoms with E-state index in [1.807, 2.05) is 42.6 Å². The zero-order chi connectivity index (χ0) is 13.7. The van der Waals surface area contributed by atoms with E-state index >= 15 is 0 Å². The first-order valence-corrected chi connectivity index (χ1v) is 7.07. The molecule has 0 amide bonds. The van der Waals surface area contributed by atoms with E-state index in [9.17, 15) is 4.79 Å². The Morgan fingerprint density at radius 3 is 2.85 bits per heavy atom. The Labute approximate surface area is 117 Å². The van der Waals surface area contributed by atoms with Gasteiger partial charge in [0.15, 0.2) is 5.78 Å². The molecule has 3 nitrogen and oxygen atoms in total. The lowest BCUT2D eigenvalue weighted by Gasteiger charge is -2.17. The van der Waals surface area contributed by atoms with Gasteiger partial charge in [0.05, 0.1) is 22.4 Å². The number of aromatic nitrogens is 1. The van der Waals surface area contributed by atoms with Crippen LogP contribution in [0, 0.1) is 0 Å². The minimum absolute atomic E-state index is 0.0990. The van der Waals surface area contributed by atoms with E-state index in [1.54, 1.807) is 6.21 Å². The molecule has 0 bridgehead atoms. The third kappa shape index (κ3) is 1.53. The highest BCUT2D eigenvalue weighted by Crippen LogP contribution is 2.36. The minimum Gasteiger partial charge on any atom is -0.293 e. The molecule has 0 aliphatic carbocycles. The van der Waals surface area contributed by atoms with Gasteiger partial charge in [0.1, 0.15) is 0 Å². The highest BCUT2D eigenvalue weighted by Gasteiger charge is 2.24. The number of Topliss-reactive ketones (excluding diaryl/α,β-unsaturated/α-hetero) is 1. The van der Waals surface area contributed by atoms with Crippen LogP contribution in [-0.2, 0) is 0 Å². The summed E-state index contributed by atoms with van der Waals surface area (Å²) in [6.07, 6.45) is 3.51. The van der Waals surface area contributed by atoms with Gasteiger partial charge in [-0.2, -0.15) is 0 Å². The number of aliphatic imine (C=N–C) groups is 1. The van der Waals surface area contributed by atoms with Gasteiger partial charge in [0.25, 0.3) is 0 Å². The molecule has 0 radical (unpaired) electrons. The maximum atomic E-state index is 12.5. The molecular weight excluding hydrogens is 267 g/mol. The van der Waals surface area contributed by atoms with Gasteiger partial charge in [-0.15, -0.1) is 9.24 Å². The molecule has 0 saturated carbocycles. The monoisotopic (exact) mass is 278 g/mol. The second kappa shape index (κ2) is 4.19. The molecule has 2 unspecified atom stereocenters. The highest BCUT2D eigenvalue weighted by atomic mass is 31.0. The van der Waals surface area contributed by atoms with Crippen molar-refractivity contribution in [2.75, 3.05) is 0 Å². The fraction of sp³-hybridized carbons (Fsp3) is 0.0625. The van der Waals surface area contributed by atoms with Crippen molar-refractivity contribution in [1.82, 2.24) is 4.98 Å². The second-order valence-corrected chi connectivity index (χ2v) is 5.59. The number of carbonyl (C=O) groups is 1. The number of fused-ring (bicyclic) bond motifs is 5. The van der Waals surface area contributed by atoms with Crippen molar-refractivity contribution in [3.63, 3.8) is 0 Å². The molecule has 1 aromatic heterocycles. The van der Waals surface area contributed by atoms with Crippen molar-refractivity contribution in [3.05, 3.63) is 48.2 Å².